The molecule has 0 aromatic carbocycles. The Kier molecular flexibility index (Phi) is 9.43. The molecule has 3 aliphatic rings. The molecule has 0 atom stereocenters. The van der Waals surface area contributed by atoms with Crippen LogP contribution in [0.2, 0.25) is 0 Å². The van der Waals surface area contributed by atoms with Crippen LogP contribution in [0.1, 0.15) is 96.3 Å². The smallest absolute Gasteiger partial charge is 0.257 e. The van der Waals surface area contributed by atoms with E-state index in [-0.39, 0.29) is 0 Å². The number of rotatable bonds is 9. The number of nitrogens with one attached hydrogen (secondary N) is 3. The number of aromatic nitrogens is 3. The maximum Gasteiger partial charge on any atom is 0.257 e. The molecular weight excluding hydrogens is 414 g/mol. The van der Waals surface area contributed by atoms with Gasteiger partial charge in [0, 0.05) is 18.1 Å². The van der Waals surface area contributed by atoms with Crippen LogP contribution in [0.5, 0.6) is 0 Å². The Morgan fingerprint density at radius 2 is 0.727 bits per heavy atom. The fourth-order valence-electron chi connectivity index (χ4n) is 4.93. The lowest BCUT2D eigenvalue weighted by molar-refractivity contribution is 0.416. The molecule has 3 aliphatic carbocycles. The zero-order valence-corrected chi connectivity index (χ0v) is 19.8. The number of hydrogen-bond donors (Lipinski definition) is 3. The molecule has 0 spiro atoms. The van der Waals surface area contributed by atoms with Crippen molar-refractivity contribution in [3.63, 3.8) is 0 Å². The zero-order valence-electron chi connectivity index (χ0n) is 19.8. The van der Waals surface area contributed by atoms with Crippen molar-refractivity contribution in [1.82, 2.24) is 30.9 Å². The fraction of sp³-hybridized carbons (Fsp3) is 0.750. The van der Waals surface area contributed by atoms with Gasteiger partial charge in [-0.2, -0.15) is 15.0 Å². The molecular formula is C24H39N9. The van der Waals surface area contributed by atoms with Crippen LogP contribution in [0.3, 0.4) is 0 Å². The molecule has 3 N–H and O–H groups in total. The molecule has 33 heavy (non-hydrogen) atoms. The largest absolute Gasteiger partial charge is 0.373 e. The first kappa shape index (κ1) is 23.6. The summed E-state index contributed by atoms with van der Waals surface area (Å²) in [7, 11) is 0. The van der Waals surface area contributed by atoms with Gasteiger partial charge in [0.2, 0.25) is 0 Å². The molecule has 3 saturated carbocycles. The van der Waals surface area contributed by atoms with Crippen molar-refractivity contribution in [2.75, 3.05) is 0 Å². The van der Waals surface area contributed by atoms with Crippen LogP contribution in [0.4, 0.5) is 17.8 Å². The summed E-state index contributed by atoms with van der Waals surface area (Å²) in [4.78, 5) is 26.5. The molecule has 9 nitrogen and oxygen atoms in total. The molecule has 0 radical (unpaired) electrons. The van der Waals surface area contributed by atoms with Crippen molar-refractivity contribution < 1.29 is 0 Å². The number of nitrogens with zero attached hydrogens (tertiary/aromatic N) is 6. The summed E-state index contributed by atoms with van der Waals surface area (Å²) in [5.74, 6) is 0.967. The van der Waals surface area contributed by atoms with Crippen molar-refractivity contribution in [3.8, 4) is 0 Å². The Morgan fingerprint density at radius 1 is 0.455 bits per heavy atom. The monoisotopic (exact) mass is 453 g/mol. The summed E-state index contributed by atoms with van der Waals surface area (Å²) in [6.07, 6.45) is 23.9. The quantitative estimate of drug-likeness (QED) is 0.372. The van der Waals surface area contributed by atoms with Crippen LogP contribution in [0.25, 0.3) is 0 Å². The van der Waals surface area contributed by atoms with Crippen LogP contribution < -0.4 is 16.0 Å². The Balaban J connectivity index is 1.40. The summed E-state index contributed by atoms with van der Waals surface area (Å²) in [5.41, 5.74) is 0. The maximum absolute atomic E-state index is 4.43. The van der Waals surface area contributed by atoms with Gasteiger partial charge in [0.1, 0.15) is 0 Å². The highest BCUT2D eigenvalue weighted by Gasteiger charge is 2.13. The Bertz CT molecular complexity index is 672. The first-order valence-electron chi connectivity index (χ1n) is 13.0. The van der Waals surface area contributed by atoms with Gasteiger partial charge in [-0.3, -0.25) is 0 Å². The van der Waals surface area contributed by atoms with Crippen molar-refractivity contribution in [2.45, 2.75) is 114 Å². The summed E-state index contributed by atoms with van der Waals surface area (Å²) in [6, 6.07) is 1.45. The average molecular weight is 454 g/mol. The topological polar surface area (TPSA) is 112 Å². The summed E-state index contributed by atoms with van der Waals surface area (Å²) in [6.45, 7) is 0. The van der Waals surface area contributed by atoms with Crippen molar-refractivity contribution >= 4 is 36.9 Å². The van der Waals surface area contributed by atoms with E-state index in [2.05, 4.69) is 45.9 Å². The highest BCUT2D eigenvalue weighted by Crippen LogP contribution is 2.20. The summed E-state index contributed by atoms with van der Waals surface area (Å²) >= 11 is 0. The number of aliphatic imine (C=N–C) groups is 3. The van der Waals surface area contributed by atoms with E-state index in [0.29, 0.717) is 36.0 Å². The van der Waals surface area contributed by atoms with Gasteiger partial charge in [-0.05, 0) is 38.5 Å². The predicted octanol–water partition coefficient (Wildman–Crippen LogP) is 4.62. The second-order valence-electron chi connectivity index (χ2n) is 9.51. The first-order chi connectivity index (χ1) is 16.3. The first-order valence-corrected chi connectivity index (χ1v) is 13.0. The van der Waals surface area contributed by atoms with Crippen molar-refractivity contribution in [2.24, 2.45) is 15.0 Å². The van der Waals surface area contributed by atoms with Crippen LogP contribution in [-0.2, 0) is 0 Å². The minimum absolute atomic E-state index is 0.322. The highest BCUT2D eigenvalue weighted by molar-refractivity contribution is 5.62. The number of hydrogen-bond acceptors (Lipinski definition) is 6. The van der Waals surface area contributed by atoms with E-state index >= 15 is 0 Å². The lowest BCUT2D eigenvalue weighted by Gasteiger charge is -2.21. The van der Waals surface area contributed by atoms with Crippen LogP contribution >= 0.6 is 0 Å². The molecule has 4 rings (SSSR count). The van der Waals surface area contributed by atoms with E-state index in [0.717, 1.165) is 0 Å². The van der Waals surface area contributed by atoms with Gasteiger partial charge in [0.25, 0.3) is 17.8 Å². The van der Waals surface area contributed by atoms with Gasteiger partial charge in [-0.25, -0.2) is 15.0 Å². The average Bonchev–Trinajstić information content (AvgIpc) is 2.86. The van der Waals surface area contributed by atoms with Crippen molar-refractivity contribution in [3.05, 3.63) is 0 Å². The van der Waals surface area contributed by atoms with E-state index in [4.69, 9.17) is 0 Å². The van der Waals surface area contributed by atoms with Crippen LogP contribution in [0, 0.1) is 0 Å². The third kappa shape index (κ3) is 8.37. The van der Waals surface area contributed by atoms with E-state index in [1.165, 1.54) is 96.3 Å². The van der Waals surface area contributed by atoms with E-state index < -0.39 is 0 Å². The minimum atomic E-state index is 0.322. The second-order valence-corrected chi connectivity index (χ2v) is 9.51. The summed E-state index contributed by atoms with van der Waals surface area (Å²) < 4.78 is 0. The van der Waals surface area contributed by atoms with E-state index in [9.17, 15) is 0 Å². The molecule has 0 amide bonds. The predicted molar refractivity (Wildman–Crippen MR) is 134 cm³/mol. The molecule has 0 saturated heterocycles. The van der Waals surface area contributed by atoms with E-state index in [1.54, 1.807) is 19.0 Å². The Morgan fingerprint density at radius 3 is 1.00 bits per heavy atom. The third-order valence-corrected chi connectivity index (χ3v) is 6.89. The standard InChI is InChI=1S/C24H39N9/c1-4-10-19(11-5-1)25-16-28-22-31-23(29-17-26-20-12-6-2-7-13-20)33-24(32-22)30-18-27-21-14-8-3-9-15-21/h16-21H,1-15H2,(H3,25,26,27,28,29,30,31,32,33). The third-order valence-electron chi connectivity index (χ3n) is 6.89. The van der Waals surface area contributed by atoms with Crippen LogP contribution in [-0.4, -0.2) is 52.1 Å². The molecule has 0 aliphatic heterocycles. The molecule has 0 unspecified atom stereocenters. The van der Waals surface area contributed by atoms with Crippen molar-refractivity contribution in [1.29, 1.82) is 0 Å². The van der Waals surface area contributed by atoms with Gasteiger partial charge in [-0.15, -0.1) is 0 Å². The van der Waals surface area contributed by atoms with Gasteiger partial charge in [0.15, 0.2) is 0 Å². The molecule has 3 fully saturated rings. The van der Waals surface area contributed by atoms with Gasteiger partial charge >= 0.3 is 0 Å². The molecule has 0 bridgehead atoms. The van der Waals surface area contributed by atoms with E-state index in [1.807, 2.05) is 0 Å². The second kappa shape index (κ2) is 13.2. The maximum atomic E-state index is 4.43. The molecule has 1 aromatic heterocycles. The molecule has 1 heterocycles. The van der Waals surface area contributed by atoms with Gasteiger partial charge in [-0.1, -0.05) is 57.8 Å². The Hall–Kier alpha value is -2.58. The SMILES string of the molecule is C(=Nc1nc(N=CNC2CCCCC2)nc(N=CNC2CCCCC2)n1)NC1CCCCC1. The van der Waals surface area contributed by atoms with Gasteiger partial charge in [0.05, 0.1) is 19.0 Å². The lowest BCUT2D eigenvalue weighted by atomic mass is 9.96. The minimum Gasteiger partial charge on any atom is -0.373 e. The molecule has 1 aromatic rings. The Labute approximate surface area is 197 Å². The fourth-order valence-corrected chi connectivity index (χ4v) is 4.93. The zero-order chi connectivity index (χ0) is 22.6. The van der Waals surface area contributed by atoms with Crippen LogP contribution in [0.15, 0.2) is 15.0 Å². The summed E-state index contributed by atoms with van der Waals surface area (Å²) in [5, 5.41) is 10.2. The molecule has 180 valence electrons. The highest BCUT2D eigenvalue weighted by atomic mass is 15.2. The van der Waals surface area contributed by atoms with Gasteiger partial charge < -0.3 is 16.0 Å². The normalized spacial score (nSPS) is 21.8. The lowest BCUT2D eigenvalue weighted by Crippen LogP contribution is -2.29. The molecule has 9 heteroatoms.